The first kappa shape index (κ1) is 18.9. The zero-order valence-electron chi connectivity index (χ0n) is 15.2. The number of carbonyl (C=O) groups excluding carboxylic acids is 1. The Kier molecular flexibility index (Phi) is 5.79. The van der Waals surface area contributed by atoms with Gasteiger partial charge in [0.1, 0.15) is 11.6 Å². The van der Waals surface area contributed by atoms with Crippen molar-refractivity contribution in [3.63, 3.8) is 0 Å². The fourth-order valence-corrected chi connectivity index (χ4v) is 2.27. The Morgan fingerprint density at radius 2 is 2.08 bits per heavy atom. The smallest absolute Gasteiger partial charge is 0.228 e. The highest BCUT2D eigenvalue weighted by Gasteiger charge is 2.17. The molecule has 1 aromatic carbocycles. The van der Waals surface area contributed by atoms with Gasteiger partial charge in [-0.25, -0.2) is 4.39 Å². The lowest BCUT2D eigenvalue weighted by molar-refractivity contribution is -0.115. The maximum absolute atomic E-state index is 14.4. The molecule has 0 atom stereocenters. The van der Waals surface area contributed by atoms with Gasteiger partial charge in [-0.2, -0.15) is 5.10 Å². The summed E-state index contributed by atoms with van der Waals surface area (Å²) >= 11 is 0. The second-order valence-electron chi connectivity index (χ2n) is 6.78. The summed E-state index contributed by atoms with van der Waals surface area (Å²) in [4.78, 5) is 12.2. The zero-order chi connectivity index (χ0) is 18.6. The van der Waals surface area contributed by atoms with Crippen molar-refractivity contribution in [2.45, 2.75) is 39.7 Å². The Morgan fingerprint density at radius 3 is 2.68 bits per heavy atom. The maximum Gasteiger partial charge on any atom is 0.228 e. The summed E-state index contributed by atoms with van der Waals surface area (Å²) in [5, 5.41) is 6.96. The topological polar surface area (TPSA) is 65.4 Å². The highest BCUT2D eigenvalue weighted by Crippen LogP contribution is 2.24. The van der Waals surface area contributed by atoms with Gasteiger partial charge in [-0.3, -0.25) is 9.48 Å². The van der Waals surface area contributed by atoms with E-state index in [1.54, 1.807) is 36.1 Å². The lowest BCUT2D eigenvalue weighted by Gasteiger charge is -2.18. The molecule has 2 aromatic rings. The fourth-order valence-electron chi connectivity index (χ4n) is 2.27. The molecule has 6 nitrogen and oxygen atoms in total. The third kappa shape index (κ3) is 4.79. The molecular formula is C18H24FN3O3. The molecule has 0 radical (unpaired) electrons. The van der Waals surface area contributed by atoms with Crippen LogP contribution in [0, 0.1) is 12.7 Å². The molecule has 2 rings (SSSR count). The first-order valence-electron chi connectivity index (χ1n) is 7.97. The van der Waals surface area contributed by atoms with Gasteiger partial charge >= 0.3 is 0 Å². The van der Waals surface area contributed by atoms with Gasteiger partial charge < -0.3 is 14.8 Å². The third-order valence-corrected chi connectivity index (χ3v) is 3.65. The van der Waals surface area contributed by atoms with Gasteiger partial charge in [-0.05, 0) is 39.3 Å². The van der Waals surface area contributed by atoms with Gasteiger partial charge in [-0.1, -0.05) is 6.07 Å². The van der Waals surface area contributed by atoms with E-state index in [1.807, 2.05) is 20.8 Å². The number of nitrogens with zero attached hydrogens (tertiary/aromatic N) is 2. The van der Waals surface area contributed by atoms with Crippen LogP contribution in [0.3, 0.4) is 0 Å². The predicted octanol–water partition coefficient (Wildman–Crippen LogP) is 3.25. The molecule has 1 N–H and O–H groups in total. The monoisotopic (exact) mass is 349 g/mol. The number of benzene rings is 1. The van der Waals surface area contributed by atoms with Gasteiger partial charge in [0.05, 0.1) is 23.8 Å². The number of rotatable bonds is 6. The van der Waals surface area contributed by atoms with E-state index < -0.39 is 5.82 Å². The second-order valence-corrected chi connectivity index (χ2v) is 6.78. The fraction of sp³-hybridized carbons (Fsp3) is 0.444. The summed E-state index contributed by atoms with van der Waals surface area (Å²) in [5.74, 6) is -0.360. The van der Waals surface area contributed by atoms with E-state index in [9.17, 15) is 9.18 Å². The first-order chi connectivity index (χ1) is 11.7. The van der Waals surface area contributed by atoms with Crippen molar-refractivity contribution in [1.29, 1.82) is 0 Å². The Balaban J connectivity index is 2.05. The highest BCUT2D eigenvalue weighted by atomic mass is 19.1. The molecule has 1 amide bonds. The van der Waals surface area contributed by atoms with E-state index in [2.05, 4.69) is 10.4 Å². The van der Waals surface area contributed by atoms with Crippen LogP contribution in [0.25, 0.3) is 0 Å². The van der Waals surface area contributed by atoms with Crippen molar-refractivity contribution in [3.05, 3.63) is 41.5 Å². The van der Waals surface area contributed by atoms with Gasteiger partial charge in [0.15, 0.2) is 6.79 Å². The lowest BCUT2D eigenvalue weighted by Crippen LogP contribution is -2.22. The number of aromatic nitrogens is 2. The Bertz CT molecular complexity index is 751. The number of ether oxygens (including phenoxy) is 2. The molecule has 0 unspecified atom stereocenters. The van der Waals surface area contributed by atoms with E-state index in [0.29, 0.717) is 22.6 Å². The van der Waals surface area contributed by atoms with Crippen LogP contribution in [0.2, 0.25) is 0 Å². The molecule has 1 heterocycles. The van der Waals surface area contributed by atoms with E-state index >= 15 is 0 Å². The van der Waals surface area contributed by atoms with Crippen LogP contribution in [0.15, 0.2) is 24.5 Å². The summed E-state index contributed by atoms with van der Waals surface area (Å²) in [6, 6.07) is 3.18. The number of amides is 1. The molecule has 136 valence electrons. The van der Waals surface area contributed by atoms with E-state index in [0.717, 1.165) is 0 Å². The summed E-state index contributed by atoms with van der Waals surface area (Å²) in [7, 11) is 1.49. The Morgan fingerprint density at radius 1 is 1.36 bits per heavy atom. The van der Waals surface area contributed by atoms with Crippen molar-refractivity contribution in [2.24, 2.45) is 0 Å². The Hall–Kier alpha value is -2.41. The van der Waals surface area contributed by atoms with Crippen LogP contribution in [-0.4, -0.2) is 29.6 Å². The number of methoxy groups -OCH3 is 1. The largest absolute Gasteiger partial charge is 0.467 e. The Labute approximate surface area is 146 Å². The van der Waals surface area contributed by atoms with Crippen molar-refractivity contribution >= 4 is 11.6 Å². The first-order valence-corrected chi connectivity index (χ1v) is 7.97. The minimum Gasteiger partial charge on any atom is -0.467 e. The molecule has 0 saturated heterocycles. The molecule has 0 bridgehead atoms. The molecule has 0 saturated carbocycles. The number of halogens is 1. The average molecular weight is 349 g/mol. The van der Waals surface area contributed by atoms with Crippen LogP contribution in [-0.2, 0) is 21.5 Å². The van der Waals surface area contributed by atoms with Crippen LogP contribution in [0.1, 0.15) is 31.9 Å². The molecule has 0 aliphatic heterocycles. The van der Waals surface area contributed by atoms with Crippen molar-refractivity contribution < 1.29 is 18.7 Å². The van der Waals surface area contributed by atoms with Gasteiger partial charge in [0, 0.05) is 18.9 Å². The average Bonchev–Trinajstić information content (AvgIpc) is 3.00. The number of hydrogen-bond acceptors (Lipinski definition) is 4. The number of hydrogen-bond donors (Lipinski definition) is 1. The number of anilines is 1. The van der Waals surface area contributed by atoms with Crippen LogP contribution < -0.4 is 10.1 Å². The predicted molar refractivity (Wildman–Crippen MR) is 93.2 cm³/mol. The van der Waals surface area contributed by atoms with E-state index in [-0.39, 0.29) is 24.7 Å². The summed E-state index contributed by atoms with van der Waals surface area (Å²) in [5.41, 5.74) is 1.06. The van der Waals surface area contributed by atoms with Crippen molar-refractivity contribution in [1.82, 2.24) is 9.78 Å². The normalized spacial score (nSPS) is 11.4. The SMILES string of the molecule is COCOc1ccc(CC(=O)Nc2cnn(C(C)(C)C)c2)c(F)c1C. The highest BCUT2D eigenvalue weighted by molar-refractivity contribution is 5.92. The second kappa shape index (κ2) is 7.65. The molecule has 0 aliphatic rings. The van der Waals surface area contributed by atoms with Crippen LogP contribution in [0.4, 0.5) is 10.1 Å². The van der Waals surface area contributed by atoms with Crippen molar-refractivity contribution in [3.8, 4) is 5.75 Å². The summed E-state index contributed by atoms with van der Waals surface area (Å²) in [6.45, 7) is 7.68. The minimum atomic E-state index is -0.450. The zero-order valence-corrected chi connectivity index (χ0v) is 15.2. The van der Waals surface area contributed by atoms with Crippen LogP contribution in [0.5, 0.6) is 5.75 Å². The maximum atomic E-state index is 14.4. The lowest BCUT2D eigenvalue weighted by atomic mass is 10.1. The molecule has 1 aromatic heterocycles. The molecule has 0 fully saturated rings. The minimum absolute atomic E-state index is 0.0396. The molecule has 0 spiro atoms. The summed E-state index contributed by atoms with van der Waals surface area (Å²) in [6.07, 6.45) is 3.26. The standard InChI is InChI=1S/C18H24FN3O3/c1-12-15(25-11-24-5)7-6-13(17(12)19)8-16(23)21-14-9-20-22(10-14)18(2,3)4/h6-7,9-10H,8,11H2,1-5H3,(H,21,23). The molecular weight excluding hydrogens is 325 g/mol. The molecule has 7 heteroatoms. The van der Waals surface area contributed by atoms with Crippen molar-refractivity contribution in [2.75, 3.05) is 19.2 Å². The summed E-state index contributed by atoms with van der Waals surface area (Å²) < 4.78 is 26.3. The van der Waals surface area contributed by atoms with Gasteiger partial charge in [0.2, 0.25) is 5.91 Å². The number of carbonyl (C=O) groups is 1. The third-order valence-electron chi connectivity index (χ3n) is 3.65. The van der Waals surface area contributed by atoms with E-state index in [4.69, 9.17) is 9.47 Å². The molecule has 25 heavy (non-hydrogen) atoms. The van der Waals surface area contributed by atoms with Gasteiger partial charge in [0.25, 0.3) is 0 Å². The van der Waals surface area contributed by atoms with Crippen LogP contribution >= 0.6 is 0 Å². The number of nitrogens with one attached hydrogen (secondary N) is 1. The molecule has 0 aliphatic carbocycles. The van der Waals surface area contributed by atoms with Gasteiger partial charge in [-0.15, -0.1) is 0 Å². The quantitative estimate of drug-likeness (QED) is 0.813. The van der Waals surface area contributed by atoms with E-state index in [1.165, 1.54) is 7.11 Å².